The Kier molecular flexibility index (Phi) is 5.11. The van der Waals surface area contributed by atoms with Crippen LogP contribution in [0.4, 0.5) is 0 Å². The monoisotopic (exact) mass is 280 g/mol. The third-order valence-corrected chi connectivity index (χ3v) is 4.63. The Labute approximate surface area is 120 Å². The summed E-state index contributed by atoms with van der Waals surface area (Å²) in [6.45, 7) is 4.18. The lowest BCUT2D eigenvalue weighted by Crippen LogP contribution is -2.21. The molecule has 1 atom stereocenters. The molecule has 3 nitrogen and oxygen atoms in total. The van der Waals surface area contributed by atoms with Gasteiger partial charge in [0.05, 0.1) is 0 Å². The van der Waals surface area contributed by atoms with Crippen LogP contribution in [0.3, 0.4) is 0 Å². The zero-order valence-corrected chi connectivity index (χ0v) is 13.0. The minimum Gasteiger partial charge on any atom is -0.373 e. The zero-order chi connectivity index (χ0) is 13.8. The molecule has 0 aromatic carbocycles. The molecular weight excluding hydrogens is 256 g/mol. The molecule has 1 aliphatic carbocycles. The van der Waals surface area contributed by atoms with Crippen molar-refractivity contribution in [2.45, 2.75) is 58.5 Å². The summed E-state index contributed by atoms with van der Waals surface area (Å²) < 4.78 is 6.44. The van der Waals surface area contributed by atoms with Crippen molar-refractivity contribution in [2.24, 2.45) is 5.92 Å². The molecule has 19 heavy (non-hydrogen) atoms. The van der Waals surface area contributed by atoms with E-state index in [0.717, 1.165) is 17.8 Å². The van der Waals surface area contributed by atoms with Gasteiger partial charge in [-0.3, -0.25) is 0 Å². The summed E-state index contributed by atoms with van der Waals surface area (Å²) in [5, 5.41) is 0. The van der Waals surface area contributed by atoms with Gasteiger partial charge >= 0.3 is 0 Å². The molecule has 1 unspecified atom stereocenters. The Bertz CT molecular complexity index is 478. The number of hydrogen-bond acceptors (Lipinski definition) is 3. The maximum atomic E-state index is 5.73. The maximum Gasteiger partial charge on any atom is 0.137 e. The summed E-state index contributed by atoms with van der Waals surface area (Å²) >= 11 is 5.38. The molecule has 4 heteroatoms. The van der Waals surface area contributed by atoms with E-state index in [2.05, 4.69) is 16.9 Å². The lowest BCUT2D eigenvalue weighted by molar-refractivity contribution is 0.0286. The standard InChI is InChI=1S/C15H24N2OS/c1-4-12-10(2)15(19)17-14(16-12)13(18-3)11-8-6-5-7-9-11/h11,13H,4-9H2,1-3H3,(H,16,17,19). The van der Waals surface area contributed by atoms with Gasteiger partial charge in [0.1, 0.15) is 16.6 Å². The number of aryl methyl sites for hydroxylation is 1. The van der Waals surface area contributed by atoms with Crippen molar-refractivity contribution in [3.8, 4) is 0 Å². The molecule has 1 N–H and O–H groups in total. The van der Waals surface area contributed by atoms with Crippen LogP contribution >= 0.6 is 12.2 Å². The Balaban J connectivity index is 2.32. The van der Waals surface area contributed by atoms with E-state index in [0.29, 0.717) is 10.6 Å². The van der Waals surface area contributed by atoms with Gasteiger partial charge in [0, 0.05) is 18.4 Å². The summed E-state index contributed by atoms with van der Waals surface area (Å²) in [5.74, 6) is 1.49. The normalized spacial score (nSPS) is 18.5. The first-order chi connectivity index (χ1) is 9.17. The summed E-state index contributed by atoms with van der Waals surface area (Å²) in [5.41, 5.74) is 2.28. The highest BCUT2D eigenvalue weighted by molar-refractivity contribution is 7.71. The third kappa shape index (κ3) is 3.23. The first kappa shape index (κ1) is 14.7. The van der Waals surface area contributed by atoms with Crippen molar-refractivity contribution >= 4 is 12.2 Å². The second kappa shape index (κ2) is 6.62. The molecule has 1 fully saturated rings. The number of hydrogen-bond donors (Lipinski definition) is 1. The van der Waals surface area contributed by atoms with Gasteiger partial charge in [-0.1, -0.05) is 38.4 Å². The highest BCUT2D eigenvalue weighted by atomic mass is 32.1. The quantitative estimate of drug-likeness (QED) is 0.837. The molecule has 2 rings (SSSR count). The average molecular weight is 280 g/mol. The third-order valence-electron chi connectivity index (χ3n) is 4.23. The highest BCUT2D eigenvalue weighted by Crippen LogP contribution is 2.35. The van der Waals surface area contributed by atoms with Gasteiger partial charge in [0.2, 0.25) is 0 Å². The smallest absolute Gasteiger partial charge is 0.137 e. The predicted octanol–water partition coefficient (Wildman–Crippen LogP) is 4.28. The fourth-order valence-corrected chi connectivity index (χ4v) is 3.27. The number of methoxy groups -OCH3 is 1. The SMILES string of the molecule is CCc1[nH]c(C(OC)C2CCCCC2)nc(=S)c1C. The van der Waals surface area contributed by atoms with Gasteiger partial charge in [0.25, 0.3) is 0 Å². The largest absolute Gasteiger partial charge is 0.373 e. The molecule has 1 saturated carbocycles. The lowest BCUT2D eigenvalue weighted by atomic mass is 9.85. The highest BCUT2D eigenvalue weighted by Gasteiger charge is 2.27. The van der Waals surface area contributed by atoms with Crippen molar-refractivity contribution in [1.82, 2.24) is 9.97 Å². The number of ether oxygens (including phenoxy) is 1. The molecule has 1 aliphatic rings. The summed E-state index contributed by atoms with van der Waals surface area (Å²) in [6, 6.07) is 0. The first-order valence-corrected chi connectivity index (χ1v) is 7.70. The summed E-state index contributed by atoms with van der Waals surface area (Å²) in [7, 11) is 1.78. The van der Waals surface area contributed by atoms with E-state index >= 15 is 0 Å². The van der Waals surface area contributed by atoms with Gasteiger partial charge in [-0.05, 0) is 32.1 Å². The van der Waals surface area contributed by atoms with E-state index in [1.165, 1.54) is 37.8 Å². The van der Waals surface area contributed by atoms with Gasteiger partial charge in [-0.2, -0.15) is 0 Å². The molecule has 0 saturated heterocycles. The number of nitrogens with zero attached hydrogens (tertiary/aromatic N) is 1. The molecule has 1 heterocycles. The molecule has 0 bridgehead atoms. The Morgan fingerprint density at radius 3 is 2.63 bits per heavy atom. The van der Waals surface area contributed by atoms with Crippen LogP contribution in [0.1, 0.15) is 62.2 Å². The number of H-pyrrole nitrogens is 1. The van der Waals surface area contributed by atoms with E-state index in [1.54, 1.807) is 7.11 Å². The molecule has 0 spiro atoms. The van der Waals surface area contributed by atoms with Crippen LogP contribution in [0, 0.1) is 17.5 Å². The molecule has 0 aliphatic heterocycles. The van der Waals surface area contributed by atoms with Crippen molar-refractivity contribution in [2.75, 3.05) is 7.11 Å². The van der Waals surface area contributed by atoms with Gasteiger partial charge in [0.15, 0.2) is 0 Å². The molecule has 106 valence electrons. The fourth-order valence-electron chi connectivity index (χ4n) is 3.05. The van der Waals surface area contributed by atoms with Gasteiger partial charge in [-0.25, -0.2) is 4.98 Å². The Morgan fingerprint density at radius 2 is 2.05 bits per heavy atom. The van der Waals surface area contributed by atoms with Crippen LogP contribution in [-0.2, 0) is 11.2 Å². The van der Waals surface area contributed by atoms with E-state index in [9.17, 15) is 0 Å². The molecule has 1 aromatic heterocycles. The second-order valence-electron chi connectivity index (χ2n) is 5.44. The van der Waals surface area contributed by atoms with Gasteiger partial charge in [-0.15, -0.1) is 0 Å². The van der Waals surface area contributed by atoms with Crippen molar-refractivity contribution in [3.63, 3.8) is 0 Å². The van der Waals surface area contributed by atoms with Crippen LogP contribution in [-0.4, -0.2) is 17.1 Å². The van der Waals surface area contributed by atoms with Crippen molar-refractivity contribution < 1.29 is 4.74 Å². The number of aromatic amines is 1. The number of rotatable bonds is 4. The Morgan fingerprint density at radius 1 is 1.37 bits per heavy atom. The van der Waals surface area contributed by atoms with Crippen LogP contribution in [0.2, 0.25) is 0 Å². The van der Waals surface area contributed by atoms with E-state index in [-0.39, 0.29) is 6.10 Å². The fraction of sp³-hybridized carbons (Fsp3) is 0.733. The maximum absolute atomic E-state index is 5.73. The first-order valence-electron chi connectivity index (χ1n) is 7.29. The topological polar surface area (TPSA) is 37.9 Å². The lowest BCUT2D eigenvalue weighted by Gasteiger charge is -2.29. The zero-order valence-electron chi connectivity index (χ0n) is 12.2. The van der Waals surface area contributed by atoms with Crippen molar-refractivity contribution in [1.29, 1.82) is 0 Å². The van der Waals surface area contributed by atoms with Crippen LogP contribution < -0.4 is 0 Å². The number of aromatic nitrogens is 2. The van der Waals surface area contributed by atoms with Crippen molar-refractivity contribution in [3.05, 3.63) is 21.7 Å². The average Bonchev–Trinajstić information content (AvgIpc) is 2.44. The molecule has 0 amide bonds. The number of nitrogens with one attached hydrogen (secondary N) is 1. The Hall–Kier alpha value is -0.740. The van der Waals surface area contributed by atoms with Crippen LogP contribution in [0.15, 0.2) is 0 Å². The summed E-state index contributed by atoms with van der Waals surface area (Å²) in [4.78, 5) is 8.01. The molecule has 1 aromatic rings. The minimum absolute atomic E-state index is 0.0629. The van der Waals surface area contributed by atoms with E-state index in [4.69, 9.17) is 17.0 Å². The molecular formula is C15H24N2OS. The van der Waals surface area contributed by atoms with Crippen LogP contribution in [0.5, 0.6) is 0 Å². The molecule has 0 radical (unpaired) electrons. The second-order valence-corrected chi connectivity index (χ2v) is 5.83. The van der Waals surface area contributed by atoms with E-state index < -0.39 is 0 Å². The van der Waals surface area contributed by atoms with E-state index in [1.807, 2.05) is 6.92 Å². The van der Waals surface area contributed by atoms with Gasteiger partial charge < -0.3 is 9.72 Å². The predicted molar refractivity (Wildman–Crippen MR) is 79.9 cm³/mol. The van der Waals surface area contributed by atoms with Crippen LogP contribution in [0.25, 0.3) is 0 Å². The minimum atomic E-state index is 0.0629. The summed E-state index contributed by atoms with van der Waals surface area (Å²) in [6.07, 6.45) is 7.44.